The number of rotatable bonds is 3. The van der Waals surface area contributed by atoms with Crippen molar-refractivity contribution in [3.05, 3.63) is 54.0 Å². The molecule has 0 spiro atoms. The van der Waals surface area contributed by atoms with Crippen LogP contribution in [-0.2, 0) is 0 Å². The van der Waals surface area contributed by atoms with Gasteiger partial charge in [0.1, 0.15) is 11.6 Å². The number of nitrogens with zero attached hydrogens (tertiary/aromatic N) is 3. The van der Waals surface area contributed by atoms with Crippen molar-refractivity contribution >= 4 is 49.7 Å². The number of para-hydroxylation sites is 2. The Labute approximate surface area is 141 Å². The normalized spacial score (nSPS) is 10.4. The second-order valence-corrected chi connectivity index (χ2v) is 5.01. The van der Waals surface area contributed by atoms with E-state index in [2.05, 4.69) is 25.9 Å². The molecule has 0 saturated heterocycles. The Morgan fingerprint density at radius 3 is 2.67 bits per heavy atom. The molecule has 0 bridgehead atoms. The zero-order valence-electron chi connectivity index (χ0n) is 11.3. The van der Waals surface area contributed by atoms with Gasteiger partial charge in [-0.3, -0.25) is 9.36 Å². The Balaban J connectivity index is 0.00000161. The van der Waals surface area contributed by atoms with Gasteiger partial charge in [-0.25, -0.2) is 9.97 Å². The van der Waals surface area contributed by atoms with Gasteiger partial charge in [-0.1, -0.05) is 28.1 Å². The maximum Gasteiger partial charge on any atom is 0.174 e. The SMILES string of the molecule is Br.Cc1nc2ccccc2n1-c1ccc(C(=O)CBr)cn1. The minimum Gasteiger partial charge on any atom is -0.293 e. The van der Waals surface area contributed by atoms with E-state index in [4.69, 9.17) is 0 Å². The number of Topliss-reactive ketones (excluding diaryl/α,β-unsaturated/α-hetero) is 1. The van der Waals surface area contributed by atoms with Gasteiger partial charge in [0.2, 0.25) is 0 Å². The van der Waals surface area contributed by atoms with Gasteiger partial charge in [0.25, 0.3) is 0 Å². The van der Waals surface area contributed by atoms with E-state index in [1.807, 2.05) is 41.8 Å². The monoisotopic (exact) mass is 409 g/mol. The Morgan fingerprint density at radius 1 is 1.24 bits per heavy atom. The summed E-state index contributed by atoms with van der Waals surface area (Å²) in [4.78, 5) is 20.5. The molecule has 0 N–H and O–H groups in total. The van der Waals surface area contributed by atoms with Gasteiger partial charge in [-0.2, -0.15) is 0 Å². The quantitative estimate of drug-likeness (QED) is 0.486. The smallest absolute Gasteiger partial charge is 0.174 e. The van der Waals surface area contributed by atoms with Crippen molar-refractivity contribution in [1.82, 2.24) is 14.5 Å². The van der Waals surface area contributed by atoms with Gasteiger partial charge in [0.15, 0.2) is 5.78 Å². The van der Waals surface area contributed by atoms with Crippen molar-refractivity contribution in [2.45, 2.75) is 6.92 Å². The van der Waals surface area contributed by atoms with Crippen LogP contribution in [0, 0.1) is 6.92 Å². The number of pyridine rings is 1. The standard InChI is InChI=1S/C15H12BrN3O.BrH/c1-10-18-12-4-2-3-5-13(12)19(10)15-7-6-11(9-17-15)14(20)8-16;/h2-7,9H,8H2,1H3;1H. The van der Waals surface area contributed by atoms with E-state index in [1.54, 1.807) is 12.3 Å². The first-order chi connectivity index (χ1) is 9.70. The zero-order chi connectivity index (χ0) is 14.1. The summed E-state index contributed by atoms with van der Waals surface area (Å²) in [6.07, 6.45) is 1.60. The van der Waals surface area contributed by atoms with Gasteiger partial charge >= 0.3 is 0 Å². The number of benzene rings is 1. The van der Waals surface area contributed by atoms with Gasteiger partial charge in [0, 0.05) is 11.8 Å². The van der Waals surface area contributed by atoms with Gasteiger partial charge in [0.05, 0.1) is 16.4 Å². The van der Waals surface area contributed by atoms with E-state index in [-0.39, 0.29) is 22.8 Å². The second-order valence-electron chi connectivity index (χ2n) is 4.45. The highest BCUT2D eigenvalue weighted by Crippen LogP contribution is 2.19. The van der Waals surface area contributed by atoms with Gasteiger partial charge in [-0.05, 0) is 31.2 Å². The fourth-order valence-electron chi connectivity index (χ4n) is 2.20. The highest BCUT2D eigenvalue weighted by Gasteiger charge is 2.10. The molecule has 0 amide bonds. The third-order valence-corrected chi connectivity index (χ3v) is 3.66. The highest BCUT2D eigenvalue weighted by molar-refractivity contribution is 9.09. The third-order valence-electron chi connectivity index (χ3n) is 3.15. The Hall–Kier alpha value is -1.53. The molecule has 0 aliphatic carbocycles. The topological polar surface area (TPSA) is 47.8 Å². The summed E-state index contributed by atoms with van der Waals surface area (Å²) in [6, 6.07) is 11.6. The molecule has 3 aromatic rings. The number of halogens is 2. The molecule has 0 aliphatic rings. The predicted octanol–water partition coefficient (Wildman–Crippen LogP) is 3.88. The van der Waals surface area contributed by atoms with Crippen molar-refractivity contribution in [2.24, 2.45) is 0 Å². The van der Waals surface area contributed by atoms with Crippen molar-refractivity contribution < 1.29 is 4.79 Å². The molecule has 0 aliphatic heterocycles. The van der Waals surface area contributed by atoms with E-state index in [0.29, 0.717) is 10.9 Å². The molecule has 6 heteroatoms. The Morgan fingerprint density at radius 2 is 2.00 bits per heavy atom. The first-order valence-electron chi connectivity index (χ1n) is 6.20. The van der Waals surface area contributed by atoms with Crippen LogP contribution in [0.15, 0.2) is 42.6 Å². The number of alkyl halides is 1. The summed E-state index contributed by atoms with van der Waals surface area (Å²) in [6.45, 7) is 1.94. The molecule has 0 atom stereocenters. The van der Waals surface area contributed by atoms with Crippen LogP contribution in [-0.4, -0.2) is 25.6 Å². The maximum absolute atomic E-state index is 11.6. The summed E-state index contributed by atoms with van der Waals surface area (Å²) >= 11 is 3.16. The lowest BCUT2D eigenvalue weighted by Crippen LogP contribution is -2.04. The molecule has 0 saturated carbocycles. The second kappa shape index (κ2) is 6.49. The number of ketones is 1. The molecular formula is C15H13Br2N3O. The molecule has 2 aromatic heterocycles. The van der Waals surface area contributed by atoms with E-state index < -0.39 is 0 Å². The Bertz CT molecular complexity index is 781. The molecule has 108 valence electrons. The lowest BCUT2D eigenvalue weighted by molar-refractivity contribution is 0.102. The summed E-state index contributed by atoms with van der Waals surface area (Å²) in [5.41, 5.74) is 2.55. The fraction of sp³-hybridized carbons (Fsp3) is 0.133. The van der Waals surface area contributed by atoms with E-state index in [0.717, 1.165) is 22.7 Å². The summed E-state index contributed by atoms with van der Waals surface area (Å²) in [5.74, 6) is 1.66. The number of hydrogen-bond donors (Lipinski definition) is 0. The molecule has 0 unspecified atom stereocenters. The van der Waals surface area contributed by atoms with E-state index in [9.17, 15) is 4.79 Å². The number of fused-ring (bicyclic) bond motifs is 1. The average Bonchev–Trinajstić information content (AvgIpc) is 2.82. The molecule has 2 heterocycles. The number of carbonyl (C=O) groups is 1. The van der Waals surface area contributed by atoms with Crippen LogP contribution in [0.2, 0.25) is 0 Å². The number of hydrogen-bond acceptors (Lipinski definition) is 3. The molecule has 1 aromatic carbocycles. The van der Waals surface area contributed by atoms with Crippen LogP contribution < -0.4 is 0 Å². The minimum atomic E-state index is 0. The van der Waals surface area contributed by atoms with Crippen molar-refractivity contribution in [1.29, 1.82) is 0 Å². The number of imidazole rings is 1. The van der Waals surface area contributed by atoms with Crippen LogP contribution in [0.3, 0.4) is 0 Å². The minimum absolute atomic E-state index is 0. The van der Waals surface area contributed by atoms with Crippen LogP contribution in [0.25, 0.3) is 16.9 Å². The summed E-state index contributed by atoms with van der Waals surface area (Å²) in [5, 5.41) is 0.307. The summed E-state index contributed by atoms with van der Waals surface area (Å²) < 4.78 is 1.98. The van der Waals surface area contributed by atoms with Crippen LogP contribution in [0.4, 0.5) is 0 Å². The Kier molecular flexibility index (Phi) is 4.90. The molecule has 0 radical (unpaired) electrons. The molecule has 3 rings (SSSR count). The van der Waals surface area contributed by atoms with E-state index in [1.165, 1.54) is 0 Å². The number of carbonyl (C=O) groups excluding carboxylic acids is 1. The summed E-state index contributed by atoms with van der Waals surface area (Å²) in [7, 11) is 0. The lowest BCUT2D eigenvalue weighted by Gasteiger charge is -2.06. The van der Waals surface area contributed by atoms with Crippen molar-refractivity contribution in [3.63, 3.8) is 0 Å². The largest absolute Gasteiger partial charge is 0.293 e. The molecule has 21 heavy (non-hydrogen) atoms. The predicted molar refractivity (Wildman–Crippen MR) is 92.0 cm³/mol. The van der Waals surface area contributed by atoms with E-state index >= 15 is 0 Å². The molecular weight excluding hydrogens is 398 g/mol. The number of aryl methyl sites for hydroxylation is 1. The first kappa shape index (κ1) is 15.9. The van der Waals surface area contributed by atoms with Crippen LogP contribution in [0.1, 0.15) is 16.2 Å². The highest BCUT2D eigenvalue weighted by atomic mass is 79.9. The van der Waals surface area contributed by atoms with Crippen LogP contribution >= 0.6 is 32.9 Å². The molecule has 0 fully saturated rings. The average molecular weight is 411 g/mol. The van der Waals surface area contributed by atoms with Crippen LogP contribution in [0.5, 0.6) is 0 Å². The number of aromatic nitrogens is 3. The lowest BCUT2D eigenvalue weighted by atomic mass is 10.2. The van der Waals surface area contributed by atoms with Gasteiger partial charge in [-0.15, -0.1) is 17.0 Å². The van der Waals surface area contributed by atoms with Crippen molar-refractivity contribution in [3.8, 4) is 5.82 Å². The van der Waals surface area contributed by atoms with Crippen molar-refractivity contribution in [2.75, 3.05) is 5.33 Å². The van der Waals surface area contributed by atoms with Gasteiger partial charge < -0.3 is 0 Å². The maximum atomic E-state index is 11.6. The first-order valence-corrected chi connectivity index (χ1v) is 7.32. The zero-order valence-corrected chi connectivity index (χ0v) is 14.6. The molecule has 4 nitrogen and oxygen atoms in total. The third kappa shape index (κ3) is 2.91. The fourth-order valence-corrected chi connectivity index (χ4v) is 2.52.